The van der Waals surface area contributed by atoms with Gasteiger partial charge in [-0.15, -0.1) is 5.10 Å². The summed E-state index contributed by atoms with van der Waals surface area (Å²) >= 11 is 0. The number of hydrogen-bond acceptors (Lipinski definition) is 7. The highest BCUT2D eigenvalue weighted by Gasteiger charge is 2.12. The Labute approximate surface area is 119 Å². The molecule has 10 nitrogen and oxygen atoms in total. The molecule has 0 saturated heterocycles. The van der Waals surface area contributed by atoms with Crippen LogP contribution < -0.4 is 11.1 Å². The van der Waals surface area contributed by atoms with Crippen molar-refractivity contribution in [3.63, 3.8) is 0 Å². The number of nitrogens with zero attached hydrogens (tertiary/aromatic N) is 5. The van der Waals surface area contributed by atoms with E-state index in [2.05, 4.69) is 20.6 Å². The third-order valence-corrected chi connectivity index (χ3v) is 2.51. The van der Waals surface area contributed by atoms with Crippen LogP contribution in [0.2, 0.25) is 0 Å². The molecule has 0 aliphatic carbocycles. The van der Waals surface area contributed by atoms with Crippen LogP contribution in [0.1, 0.15) is 17.4 Å². The SMILES string of the molecule is CCOC(=O)Nc1cnn(CC(=O)n2cc(N)c(C)n2)n1. The summed E-state index contributed by atoms with van der Waals surface area (Å²) in [5, 5.41) is 14.1. The Morgan fingerprint density at radius 2 is 2.19 bits per heavy atom. The van der Waals surface area contributed by atoms with Gasteiger partial charge < -0.3 is 10.5 Å². The van der Waals surface area contributed by atoms with Crippen LogP contribution in [0.5, 0.6) is 0 Å². The minimum atomic E-state index is -0.633. The van der Waals surface area contributed by atoms with Gasteiger partial charge in [0.1, 0.15) is 6.54 Å². The van der Waals surface area contributed by atoms with Crippen molar-refractivity contribution < 1.29 is 14.3 Å². The highest BCUT2D eigenvalue weighted by Crippen LogP contribution is 2.07. The van der Waals surface area contributed by atoms with E-state index in [1.165, 1.54) is 12.4 Å². The fourth-order valence-electron chi connectivity index (χ4n) is 1.50. The zero-order valence-electron chi connectivity index (χ0n) is 11.6. The Hall–Kier alpha value is -2.91. The van der Waals surface area contributed by atoms with E-state index in [4.69, 9.17) is 10.5 Å². The Kier molecular flexibility index (Phi) is 4.16. The van der Waals surface area contributed by atoms with Gasteiger partial charge in [0.05, 0.1) is 30.4 Å². The van der Waals surface area contributed by atoms with Crippen molar-refractivity contribution in [1.29, 1.82) is 0 Å². The molecule has 0 unspecified atom stereocenters. The monoisotopic (exact) mass is 293 g/mol. The summed E-state index contributed by atoms with van der Waals surface area (Å²) in [5.41, 5.74) is 6.63. The van der Waals surface area contributed by atoms with E-state index in [9.17, 15) is 9.59 Å². The topological polar surface area (TPSA) is 130 Å². The molecule has 0 radical (unpaired) electrons. The predicted octanol–water partition coefficient (Wildman–Crippen LogP) is 0.274. The number of nitrogens with one attached hydrogen (secondary N) is 1. The van der Waals surface area contributed by atoms with Crippen LogP contribution in [0.3, 0.4) is 0 Å². The van der Waals surface area contributed by atoms with Gasteiger partial charge in [0.2, 0.25) is 0 Å². The average Bonchev–Trinajstić information content (AvgIpc) is 2.98. The van der Waals surface area contributed by atoms with Gasteiger partial charge in [0.25, 0.3) is 5.91 Å². The lowest BCUT2D eigenvalue weighted by atomic mass is 10.4. The van der Waals surface area contributed by atoms with Gasteiger partial charge in [0.15, 0.2) is 5.82 Å². The first-order valence-corrected chi connectivity index (χ1v) is 6.18. The van der Waals surface area contributed by atoms with E-state index < -0.39 is 6.09 Å². The number of hydrogen-bond donors (Lipinski definition) is 2. The van der Waals surface area contributed by atoms with Gasteiger partial charge in [-0.05, 0) is 13.8 Å². The van der Waals surface area contributed by atoms with Crippen LogP contribution in [0.15, 0.2) is 12.4 Å². The quantitative estimate of drug-likeness (QED) is 0.827. The highest BCUT2D eigenvalue weighted by molar-refractivity contribution is 5.83. The lowest BCUT2D eigenvalue weighted by Gasteiger charge is -2.01. The van der Waals surface area contributed by atoms with Crippen molar-refractivity contribution in [2.75, 3.05) is 17.7 Å². The minimum Gasteiger partial charge on any atom is -0.450 e. The fraction of sp³-hybridized carbons (Fsp3) is 0.364. The fourth-order valence-corrected chi connectivity index (χ4v) is 1.50. The molecule has 0 aliphatic rings. The van der Waals surface area contributed by atoms with E-state index in [0.29, 0.717) is 11.4 Å². The molecule has 0 aliphatic heterocycles. The van der Waals surface area contributed by atoms with E-state index >= 15 is 0 Å². The molecule has 0 atom stereocenters. The van der Waals surface area contributed by atoms with Gasteiger partial charge in [-0.2, -0.15) is 15.0 Å². The number of aryl methyl sites for hydroxylation is 1. The molecule has 0 aromatic carbocycles. The highest BCUT2D eigenvalue weighted by atomic mass is 16.5. The van der Waals surface area contributed by atoms with Crippen molar-refractivity contribution in [2.24, 2.45) is 0 Å². The molecular weight excluding hydrogens is 278 g/mol. The standard InChI is InChI=1S/C11H15N7O3/c1-3-21-11(20)14-9-4-13-18(16-9)6-10(19)17-5-8(12)7(2)15-17/h4-5H,3,6,12H2,1-2H3,(H,14,16,20). The molecule has 21 heavy (non-hydrogen) atoms. The zero-order valence-corrected chi connectivity index (χ0v) is 11.6. The van der Waals surface area contributed by atoms with E-state index in [-0.39, 0.29) is 24.9 Å². The average molecular weight is 293 g/mol. The maximum atomic E-state index is 11.9. The van der Waals surface area contributed by atoms with Gasteiger partial charge >= 0.3 is 6.09 Å². The molecule has 1 amide bonds. The summed E-state index contributed by atoms with van der Waals surface area (Å²) in [6.07, 6.45) is 2.11. The second kappa shape index (κ2) is 6.03. The molecule has 2 rings (SSSR count). The van der Waals surface area contributed by atoms with Gasteiger partial charge in [-0.3, -0.25) is 10.1 Å². The molecule has 2 aromatic rings. The Morgan fingerprint density at radius 3 is 2.81 bits per heavy atom. The molecule has 0 spiro atoms. The number of nitrogen functional groups attached to an aromatic ring is 1. The summed E-state index contributed by atoms with van der Waals surface area (Å²) in [4.78, 5) is 24.3. The van der Waals surface area contributed by atoms with Crippen molar-refractivity contribution in [3.8, 4) is 0 Å². The van der Waals surface area contributed by atoms with E-state index in [0.717, 1.165) is 9.48 Å². The zero-order chi connectivity index (χ0) is 15.4. The Morgan fingerprint density at radius 1 is 1.43 bits per heavy atom. The summed E-state index contributed by atoms with van der Waals surface area (Å²) < 4.78 is 5.83. The Bertz CT molecular complexity index is 641. The van der Waals surface area contributed by atoms with E-state index in [1.807, 2.05) is 0 Å². The lowest BCUT2D eigenvalue weighted by molar-refractivity contribution is 0.0864. The molecule has 3 N–H and O–H groups in total. The minimum absolute atomic E-state index is 0.134. The summed E-state index contributed by atoms with van der Waals surface area (Å²) in [7, 11) is 0. The number of rotatable bonds is 4. The maximum Gasteiger partial charge on any atom is 0.412 e. The molecule has 10 heteroatoms. The third kappa shape index (κ3) is 3.55. The molecular formula is C11H15N7O3. The number of amides is 1. The number of anilines is 2. The number of nitrogens with two attached hydrogens (primary N) is 1. The maximum absolute atomic E-state index is 11.9. The first kappa shape index (κ1) is 14.5. The summed E-state index contributed by atoms with van der Waals surface area (Å²) in [6.45, 7) is 3.50. The number of ether oxygens (including phenoxy) is 1. The van der Waals surface area contributed by atoms with Crippen LogP contribution in [0.4, 0.5) is 16.3 Å². The normalized spacial score (nSPS) is 10.4. The predicted molar refractivity (Wildman–Crippen MR) is 72.7 cm³/mol. The van der Waals surface area contributed by atoms with Crippen LogP contribution in [-0.2, 0) is 11.3 Å². The molecule has 0 fully saturated rings. The van der Waals surface area contributed by atoms with Gasteiger partial charge in [-0.1, -0.05) is 0 Å². The van der Waals surface area contributed by atoms with Crippen molar-refractivity contribution in [3.05, 3.63) is 18.1 Å². The molecule has 112 valence electrons. The van der Waals surface area contributed by atoms with Crippen molar-refractivity contribution in [1.82, 2.24) is 24.8 Å². The van der Waals surface area contributed by atoms with Crippen molar-refractivity contribution in [2.45, 2.75) is 20.4 Å². The van der Waals surface area contributed by atoms with Crippen LogP contribution >= 0.6 is 0 Å². The third-order valence-electron chi connectivity index (χ3n) is 2.51. The lowest BCUT2D eigenvalue weighted by Crippen LogP contribution is -2.20. The van der Waals surface area contributed by atoms with Gasteiger partial charge in [0, 0.05) is 0 Å². The second-order valence-corrected chi connectivity index (χ2v) is 4.11. The summed E-state index contributed by atoms with van der Waals surface area (Å²) in [6, 6.07) is 0. The van der Waals surface area contributed by atoms with E-state index in [1.54, 1.807) is 13.8 Å². The van der Waals surface area contributed by atoms with Crippen LogP contribution in [-0.4, -0.2) is 43.4 Å². The Balaban J connectivity index is 1.99. The van der Waals surface area contributed by atoms with Crippen molar-refractivity contribution >= 4 is 23.5 Å². The summed E-state index contributed by atoms with van der Waals surface area (Å²) in [5.74, 6) is -0.162. The second-order valence-electron chi connectivity index (χ2n) is 4.11. The van der Waals surface area contributed by atoms with Crippen LogP contribution in [0.25, 0.3) is 0 Å². The molecule has 2 heterocycles. The smallest absolute Gasteiger partial charge is 0.412 e. The number of aromatic nitrogens is 5. The molecule has 0 saturated carbocycles. The molecule has 2 aromatic heterocycles. The largest absolute Gasteiger partial charge is 0.450 e. The number of carbonyl (C=O) groups is 2. The first-order chi connectivity index (χ1) is 9.99. The van der Waals surface area contributed by atoms with Gasteiger partial charge in [-0.25, -0.2) is 9.48 Å². The first-order valence-electron chi connectivity index (χ1n) is 6.18. The van der Waals surface area contributed by atoms with Crippen LogP contribution in [0, 0.1) is 6.92 Å². The number of carbonyl (C=O) groups excluding carboxylic acids is 2. The molecule has 0 bridgehead atoms.